The van der Waals surface area contributed by atoms with Crippen molar-refractivity contribution in [1.29, 1.82) is 0 Å². The maximum atomic E-state index is 5.32. The lowest BCUT2D eigenvalue weighted by atomic mass is 10.1. The summed E-state index contributed by atoms with van der Waals surface area (Å²) in [7, 11) is 0. The number of hydrogen-bond acceptors (Lipinski definition) is 6. The summed E-state index contributed by atoms with van der Waals surface area (Å²) in [5, 5.41) is 7.43. The Kier molecular flexibility index (Phi) is 4.76. The zero-order valence-corrected chi connectivity index (χ0v) is 15.2. The molecule has 0 unspecified atom stereocenters. The van der Waals surface area contributed by atoms with Gasteiger partial charge in [0.25, 0.3) is 0 Å². The van der Waals surface area contributed by atoms with Gasteiger partial charge in [-0.3, -0.25) is 4.98 Å². The van der Waals surface area contributed by atoms with Crippen molar-refractivity contribution < 1.29 is 4.52 Å². The summed E-state index contributed by atoms with van der Waals surface area (Å²) in [5.74, 6) is 2.06. The first-order valence-corrected chi connectivity index (χ1v) is 8.77. The minimum absolute atomic E-state index is 0.150. The fraction of sp³-hybridized carbons (Fsp3) is 0.200. The zero-order valence-electron chi connectivity index (χ0n) is 15.2. The highest BCUT2D eigenvalue weighted by molar-refractivity contribution is 5.51. The van der Waals surface area contributed by atoms with Crippen molar-refractivity contribution in [2.24, 2.45) is 0 Å². The highest BCUT2D eigenvalue weighted by Gasteiger charge is 2.11. The quantitative estimate of drug-likeness (QED) is 0.567. The summed E-state index contributed by atoms with van der Waals surface area (Å²) in [6.45, 7) is 4.59. The highest BCUT2D eigenvalue weighted by Crippen LogP contribution is 2.18. The molecule has 7 heteroatoms. The van der Waals surface area contributed by atoms with E-state index in [4.69, 9.17) is 4.52 Å². The Morgan fingerprint density at radius 2 is 2.00 bits per heavy atom. The van der Waals surface area contributed by atoms with Gasteiger partial charge in [-0.15, -0.1) is 0 Å². The number of aryl methyl sites for hydroxylation is 1. The third-order valence-corrected chi connectivity index (χ3v) is 4.44. The van der Waals surface area contributed by atoms with Gasteiger partial charge in [-0.05, 0) is 43.7 Å². The van der Waals surface area contributed by atoms with Crippen LogP contribution in [0.25, 0.3) is 17.1 Å². The van der Waals surface area contributed by atoms with Crippen molar-refractivity contribution in [2.75, 3.05) is 0 Å². The molecule has 0 aliphatic carbocycles. The van der Waals surface area contributed by atoms with Crippen LogP contribution in [0.1, 0.15) is 30.2 Å². The molecular weight excluding hydrogens is 340 g/mol. The topological polar surface area (TPSA) is 81.7 Å². The van der Waals surface area contributed by atoms with Crippen LogP contribution in [0, 0.1) is 6.92 Å². The first kappa shape index (κ1) is 17.1. The number of nitrogens with zero attached hydrogens (tertiary/aromatic N) is 5. The van der Waals surface area contributed by atoms with E-state index >= 15 is 0 Å². The van der Waals surface area contributed by atoms with Gasteiger partial charge in [0.15, 0.2) is 0 Å². The second-order valence-electron chi connectivity index (χ2n) is 6.29. The van der Waals surface area contributed by atoms with E-state index in [1.54, 1.807) is 18.6 Å². The summed E-state index contributed by atoms with van der Waals surface area (Å²) < 4.78 is 7.38. The lowest BCUT2D eigenvalue weighted by molar-refractivity contribution is 0.360. The van der Waals surface area contributed by atoms with Crippen molar-refractivity contribution >= 4 is 0 Å². The molecule has 0 radical (unpaired) electrons. The van der Waals surface area contributed by atoms with Crippen LogP contribution < -0.4 is 5.32 Å². The molecule has 1 N–H and O–H groups in total. The molecule has 7 nitrogen and oxygen atoms in total. The SMILES string of the molecule is Cc1nccn1-c1ccc([C@@H](C)NCc2nc(-c3cccnc3)no2)cc1. The molecule has 1 atom stereocenters. The molecule has 4 aromatic rings. The van der Waals surface area contributed by atoms with Crippen molar-refractivity contribution in [3.05, 3.63) is 78.5 Å². The molecule has 0 saturated heterocycles. The van der Waals surface area contributed by atoms with Crippen molar-refractivity contribution in [2.45, 2.75) is 26.4 Å². The van der Waals surface area contributed by atoms with E-state index in [-0.39, 0.29) is 6.04 Å². The minimum Gasteiger partial charge on any atom is -0.338 e. The van der Waals surface area contributed by atoms with Crippen LogP contribution in [-0.4, -0.2) is 24.7 Å². The van der Waals surface area contributed by atoms with Crippen LogP contribution in [0.3, 0.4) is 0 Å². The van der Waals surface area contributed by atoms with Crippen LogP contribution >= 0.6 is 0 Å². The normalized spacial score (nSPS) is 12.2. The zero-order chi connectivity index (χ0) is 18.6. The first-order chi connectivity index (χ1) is 13.2. The number of benzene rings is 1. The number of aromatic nitrogens is 5. The number of pyridine rings is 1. The summed E-state index contributed by atoms with van der Waals surface area (Å²) >= 11 is 0. The van der Waals surface area contributed by atoms with Gasteiger partial charge in [-0.2, -0.15) is 4.98 Å². The van der Waals surface area contributed by atoms with Crippen molar-refractivity contribution in [1.82, 2.24) is 30.0 Å². The largest absolute Gasteiger partial charge is 0.338 e. The standard InChI is InChI=1S/C20H20N6O/c1-14(16-5-7-18(8-6-16)26-11-10-22-15(26)2)23-13-19-24-20(25-27-19)17-4-3-9-21-12-17/h3-12,14,23H,13H2,1-2H3/t14-/m1/s1. The monoisotopic (exact) mass is 360 g/mol. The van der Waals surface area contributed by atoms with E-state index in [1.165, 1.54) is 5.56 Å². The van der Waals surface area contributed by atoms with Crippen LogP contribution in [0.15, 0.2) is 65.7 Å². The fourth-order valence-corrected chi connectivity index (χ4v) is 2.87. The molecule has 0 aliphatic rings. The maximum Gasteiger partial charge on any atom is 0.240 e. The Bertz CT molecular complexity index is 1010. The van der Waals surface area contributed by atoms with Crippen LogP contribution in [0.4, 0.5) is 0 Å². The van der Waals surface area contributed by atoms with E-state index in [9.17, 15) is 0 Å². The van der Waals surface area contributed by atoms with Gasteiger partial charge < -0.3 is 14.4 Å². The van der Waals surface area contributed by atoms with Gasteiger partial charge in [0.05, 0.1) is 6.54 Å². The van der Waals surface area contributed by atoms with Crippen LogP contribution in [0.5, 0.6) is 0 Å². The molecule has 0 saturated carbocycles. The predicted octanol–water partition coefficient (Wildman–Crippen LogP) is 3.48. The van der Waals surface area contributed by atoms with E-state index in [0.717, 1.165) is 17.1 Å². The van der Waals surface area contributed by atoms with Crippen LogP contribution in [0.2, 0.25) is 0 Å². The average molecular weight is 360 g/mol. The van der Waals surface area contributed by atoms with E-state index in [2.05, 4.69) is 61.2 Å². The highest BCUT2D eigenvalue weighted by atomic mass is 16.5. The Hall–Kier alpha value is -3.32. The van der Waals surface area contributed by atoms with Crippen LogP contribution in [-0.2, 0) is 6.54 Å². The molecule has 0 aliphatic heterocycles. The first-order valence-electron chi connectivity index (χ1n) is 8.77. The second-order valence-corrected chi connectivity index (χ2v) is 6.29. The number of nitrogens with one attached hydrogen (secondary N) is 1. The molecule has 0 fully saturated rings. The smallest absolute Gasteiger partial charge is 0.240 e. The number of hydrogen-bond donors (Lipinski definition) is 1. The van der Waals surface area contributed by atoms with Gasteiger partial charge in [-0.1, -0.05) is 17.3 Å². The Morgan fingerprint density at radius 1 is 1.15 bits per heavy atom. The van der Waals surface area contributed by atoms with E-state index in [0.29, 0.717) is 18.3 Å². The van der Waals surface area contributed by atoms with E-state index in [1.807, 2.05) is 25.3 Å². The molecule has 3 heterocycles. The summed E-state index contributed by atoms with van der Waals surface area (Å²) in [6, 6.07) is 12.3. The number of imidazole rings is 1. The Morgan fingerprint density at radius 3 is 2.70 bits per heavy atom. The predicted molar refractivity (Wildman–Crippen MR) is 101 cm³/mol. The fourth-order valence-electron chi connectivity index (χ4n) is 2.87. The Balaban J connectivity index is 1.39. The Labute approximate surface area is 157 Å². The second kappa shape index (κ2) is 7.51. The molecule has 3 aromatic heterocycles. The molecule has 27 heavy (non-hydrogen) atoms. The van der Waals surface area contributed by atoms with Gasteiger partial charge >= 0.3 is 0 Å². The summed E-state index contributed by atoms with van der Waals surface area (Å²) in [6.07, 6.45) is 7.19. The van der Waals surface area contributed by atoms with Gasteiger partial charge in [0.1, 0.15) is 5.82 Å². The molecule has 4 rings (SSSR count). The molecule has 0 amide bonds. The van der Waals surface area contributed by atoms with Gasteiger partial charge in [0, 0.05) is 42.1 Å². The summed E-state index contributed by atoms with van der Waals surface area (Å²) in [5.41, 5.74) is 3.12. The molecule has 0 bridgehead atoms. The van der Waals surface area contributed by atoms with Gasteiger partial charge in [-0.25, -0.2) is 4.98 Å². The van der Waals surface area contributed by atoms with Gasteiger partial charge in [0.2, 0.25) is 11.7 Å². The molecule has 1 aromatic carbocycles. The molecule has 136 valence electrons. The number of rotatable bonds is 6. The molecular formula is C20H20N6O. The van der Waals surface area contributed by atoms with Crippen molar-refractivity contribution in [3.8, 4) is 17.1 Å². The van der Waals surface area contributed by atoms with E-state index < -0.39 is 0 Å². The lowest BCUT2D eigenvalue weighted by Crippen LogP contribution is -2.18. The minimum atomic E-state index is 0.150. The lowest BCUT2D eigenvalue weighted by Gasteiger charge is -2.14. The maximum absolute atomic E-state index is 5.32. The average Bonchev–Trinajstić information content (AvgIpc) is 3.36. The third-order valence-electron chi connectivity index (χ3n) is 4.44. The third kappa shape index (κ3) is 3.78. The van der Waals surface area contributed by atoms with Crippen molar-refractivity contribution in [3.63, 3.8) is 0 Å². The molecule has 0 spiro atoms. The summed E-state index contributed by atoms with van der Waals surface area (Å²) in [4.78, 5) is 12.7.